The number of aromatic nitrogens is 4. The monoisotopic (exact) mass is 862 g/mol. The molecule has 60 heavy (non-hydrogen) atoms. The third kappa shape index (κ3) is 10.2. The molecule has 0 fully saturated rings. The lowest BCUT2D eigenvalue weighted by molar-refractivity contribution is 0.256. The highest BCUT2D eigenvalue weighted by atomic mass is 32.2. The van der Waals surface area contributed by atoms with Gasteiger partial charge in [-0.05, 0) is 164 Å². The third-order valence-corrected chi connectivity index (χ3v) is 13.3. The van der Waals surface area contributed by atoms with E-state index in [-0.39, 0.29) is 10.1 Å². The van der Waals surface area contributed by atoms with Gasteiger partial charge in [-0.2, -0.15) is 18.6 Å². The van der Waals surface area contributed by atoms with Gasteiger partial charge in [-0.3, -0.25) is 9.36 Å². The summed E-state index contributed by atoms with van der Waals surface area (Å²) in [7, 11) is -0.143. The number of urea groups is 1. The molecule has 0 aliphatic heterocycles. The van der Waals surface area contributed by atoms with Crippen LogP contribution in [0, 0.1) is 11.5 Å². The van der Waals surface area contributed by atoms with Crippen LogP contribution >= 0.6 is 0 Å². The van der Waals surface area contributed by atoms with Crippen molar-refractivity contribution < 1.29 is 26.4 Å². The summed E-state index contributed by atoms with van der Waals surface area (Å²) in [6, 6.07) is 6.92. The van der Waals surface area contributed by atoms with Crippen molar-refractivity contribution in [2.45, 2.75) is 127 Å². The number of sulfonamides is 2. The first-order chi connectivity index (χ1) is 28.5. The van der Waals surface area contributed by atoms with Crippen LogP contribution in [0.1, 0.15) is 95.4 Å². The summed E-state index contributed by atoms with van der Waals surface area (Å²) >= 11 is 0. The summed E-state index contributed by atoms with van der Waals surface area (Å²) in [4.78, 5) is 16.6. The first-order valence-electron chi connectivity index (χ1n) is 20.7. The molecule has 4 N–H and O–H groups in total. The van der Waals surface area contributed by atoms with Crippen molar-refractivity contribution in [3.63, 3.8) is 0 Å². The van der Waals surface area contributed by atoms with Gasteiger partial charge in [-0.1, -0.05) is 12.1 Å². The molecule has 8 rings (SSSR count). The van der Waals surface area contributed by atoms with E-state index in [4.69, 9.17) is 15.1 Å². The number of nitrogens with one attached hydrogen (secondary N) is 2. The van der Waals surface area contributed by atoms with Crippen LogP contribution in [0.25, 0.3) is 0 Å². The number of amides is 2. The summed E-state index contributed by atoms with van der Waals surface area (Å²) in [5.41, 5.74) is 12.8. The van der Waals surface area contributed by atoms with Crippen LogP contribution in [-0.4, -0.2) is 80.4 Å². The topological polar surface area (TPSA) is 211 Å². The minimum absolute atomic E-state index is 0.0683. The van der Waals surface area contributed by atoms with Crippen LogP contribution in [0.15, 0.2) is 34.3 Å². The van der Waals surface area contributed by atoms with Gasteiger partial charge in [0.25, 0.3) is 26.3 Å². The van der Waals surface area contributed by atoms with Crippen LogP contribution in [0.3, 0.4) is 0 Å². The Hall–Kier alpha value is -4.80. The normalized spacial score (nSPS) is 15.0. The van der Waals surface area contributed by atoms with Crippen molar-refractivity contribution in [3.05, 3.63) is 80.2 Å². The highest BCUT2D eigenvalue weighted by Gasteiger charge is 2.28. The Bertz CT molecular complexity index is 2440. The fraction of sp³-hybridized carbons (Fsp3) is 0.524. The van der Waals surface area contributed by atoms with Crippen LogP contribution in [0.5, 0.6) is 5.75 Å². The summed E-state index contributed by atoms with van der Waals surface area (Å²) in [6.45, 7) is 6.17. The predicted molar refractivity (Wildman–Crippen MR) is 229 cm³/mol. The zero-order valence-corrected chi connectivity index (χ0v) is 37.2. The maximum atomic E-state index is 12.8. The molecular formula is C42H58N10O6S2. The highest BCUT2D eigenvalue weighted by Crippen LogP contribution is 2.40. The molecule has 0 saturated heterocycles. The molecule has 4 aliphatic carbocycles. The van der Waals surface area contributed by atoms with Gasteiger partial charge in [0, 0.05) is 44.0 Å². The lowest BCUT2D eigenvalue weighted by Gasteiger charge is -2.16. The molecule has 2 aromatic heterocycles. The van der Waals surface area contributed by atoms with Crippen LogP contribution in [0.4, 0.5) is 10.5 Å². The molecule has 324 valence electrons. The van der Waals surface area contributed by atoms with Gasteiger partial charge < -0.3 is 19.9 Å². The SMILES string of the molecule is CCn1nc(S(=O)(=O)NC(=O)Nc2c3c(cc4c2CCC4)CCC3)cc1CN(C)C.CCn1nc(S(N)(=O)=O)cc1CN(C)C.N#COc1c2c(cc3c1CCC3)CCC2. The Morgan fingerprint density at radius 3 is 1.55 bits per heavy atom. The largest absolute Gasteiger partial charge is 0.387 e. The summed E-state index contributed by atoms with van der Waals surface area (Å²) in [5.74, 6) is 0.903. The molecule has 4 aliphatic rings. The number of carbonyl (C=O) groups excluding carboxylic acids is 1. The van der Waals surface area contributed by atoms with E-state index in [1.54, 1.807) is 9.36 Å². The van der Waals surface area contributed by atoms with E-state index in [1.807, 2.05) is 58.1 Å². The van der Waals surface area contributed by atoms with Crippen LogP contribution in [-0.2, 0) is 97.6 Å². The standard InChI is InChI=1S/C21H29N5O3S.C13H13NO.C8H16N4O2S/c1-4-26-16(13-25(2)3)12-19(23-26)30(28,29)24-21(27)22-20-17-9-5-7-14(17)11-15-8-6-10-18(15)20;14-8-15-13-11-5-1-3-9(11)7-10-4-2-6-12(10)13;1-4-12-7(6-11(2)3)5-8(10-12)15(9,13)14/h11-12H,4-10,13H2,1-3H3,(H2,22,24,27);7H,1-6H2;5H,4,6H2,1-3H3,(H2,9,13,14). The van der Waals surface area contributed by atoms with E-state index in [9.17, 15) is 21.6 Å². The number of aryl methyl sites for hydroxylation is 6. The van der Waals surface area contributed by atoms with Gasteiger partial charge in [0.1, 0.15) is 5.75 Å². The van der Waals surface area contributed by atoms with Crippen molar-refractivity contribution in [1.82, 2.24) is 34.1 Å². The molecule has 4 aromatic rings. The number of benzene rings is 2. The van der Waals surface area contributed by atoms with Crippen molar-refractivity contribution in [2.24, 2.45) is 5.14 Å². The van der Waals surface area contributed by atoms with Gasteiger partial charge in [0.2, 0.25) is 0 Å². The molecule has 0 radical (unpaired) electrons. The molecular weight excluding hydrogens is 805 g/mol. The Balaban J connectivity index is 0.000000168. The smallest absolute Gasteiger partial charge is 0.333 e. The van der Waals surface area contributed by atoms with Crippen molar-refractivity contribution in [3.8, 4) is 12.0 Å². The second kappa shape index (κ2) is 18.9. The quantitative estimate of drug-likeness (QED) is 0.178. The van der Waals surface area contributed by atoms with Gasteiger partial charge in [0.05, 0.1) is 11.4 Å². The zero-order chi connectivity index (χ0) is 43.4. The third-order valence-electron chi connectivity index (χ3n) is 11.3. The minimum Gasteiger partial charge on any atom is -0.387 e. The van der Waals surface area contributed by atoms with Crippen molar-refractivity contribution in [1.29, 1.82) is 5.26 Å². The highest BCUT2D eigenvalue weighted by molar-refractivity contribution is 7.90. The van der Waals surface area contributed by atoms with Gasteiger partial charge in [0.15, 0.2) is 10.1 Å². The van der Waals surface area contributed by atoms with E-state index < -0.39 is 26.1 Å². The maximum absolute atomic E-state index is 12.8. The van der Waals surface area contributed by atoms with Crippen molar-refractivity contribution >= 4 is 31.8 Å². The van der Waals surface area contributed by atoms with Crippen LogP contribution in [0.2, 0.25) is 0 Å². The fourth-order valence-electron chi connectivity index (χ4n) is 8.79. The first kappa shape index (κ1) is 44.7. The number of rotatable bonds is 11. The lowest BCUT2D eigenvalue weighted by atomic mass is 9.99. The van der Waals surface area contributed by atoms with Crippen molar-refractivity contribution in [2.75, 3.05) is 33.5 Å². The molecule has 2 aromatic carbocycles. The molecule has 0 spiro atoms. The number of nitrogens with two attached hydrogens (primary N) is 1. The van der Waals surface area contributed by atoms with Gasteiger partial charge in [-0.15, -0.1) is 5.26 Å². The fourth-order valence-corrected chi connectivity index (χ4v) is 10.2. The number of nitriles is 1. The van der Waals surface area contributed by atoms with Gasteiger partial charge in [-0.25, -0.2) is 23.1 Å². The Labute approximate surface area is 354 Å². The van der Waals surface area contributed by atoms with E-state index in [0.717, 1.165) is 98.2 Å². The van der Waals surface area contributed by atoms with Gasteiger partial charge >= 0.3 is 6.03 Å². The second-order valence-corrected chi connectivity index (χ2v) is 19.4. The molecule has 2 amide bonds. The minimum atomic E-state index is -4.07. The Kier molecular flexibility index (Phi) is 14.1. The van der Waals surface area contributed by atoms with E-state index in [1.165, 1.54) is 58.4 Å². The van der Waals surface area contributed by atoms with E-state index in [2.05, 4.69) is 32.4 Å². The predicted octanol–water partition coefficient (Wildman–Crippen LogP) is 4.59. The Morgan fingerprint density at radius 1 is 0.717 bits per heavy atom. The summed E-state index contributed by atoms with van der Waals surface area (Å²) in [5, 5.41) is 24.5. The molecule has 0 bridgehead atoms. The molecule has 0 unspecified atom stereocenters. The zero-order valence-electron chi connectivity index (χ0n) is 35.6. The van der Waals surface area contributed by atoms with Crippen LogP contribution < -0.4 is 19.9 Å². The molecule has 0 saturated carbocycles. The number of primary sulfonamides is 1. The average molecular weight is 863 g/mol. The first-order valence-corrected chi connectivity index (χ1v) is 23.7. The maximum Gasteiger partial charge on any atom is 0.333 e. The second-order valence-electron chi connectivity index (χ2n) is 16.3. The Morgan fingerprint density at radius 2 is 1.13 bits per heavy atom. The number of hydrogen-bond donors (Lipinski definition) is 3. The molecule has 0 atom stereocenters. The summed E-state index contributed by atoms with van der Waals surface area (Å²) in [6.07, 6.45) is 14.7. The number of nitrogens with zero attached hydrogens (tertiary/aromatic N) is 7. The number of carbonyl (C=O) groups is 1. The number of anilines is 1. The van der Waals surface area contributed by atoms with E-state index in [0.29, 0.717) is 26.2 Å². The number of ether oxygens (including phenoxy) is 1. The molecule has 18 heteroatoms. The summed E-state index contributed by atoms with van der Waals surface area (Å²) < 4.78 is 58.4. The number of fused-ring (bicyclic) bond motifs is 4. The average Bonchev–Trinajstić information content (AvgIpc) is 4.03. The molecule has 2 heterocycles. The van der Waals surface area contributed by atoms with E-state index >= 15 is 0 Å². The lowest BCUT2D eigenvalue weighted by Crippen LogP contribution is -2.35. The molecule has 16 nitrogen and oxygen atoms in total. The number of hydrogen-bond acceptors (Lipinski definition) is 11.